The highest BCUT2D eigenvalue weighted by Gasteiger charge is 2.02. The molecule has 1 amide bonds. The fourth-order valence-corrected chi connectivity index (χ4v) is 3.42. The Morgan fingerprint density at radius 2 is 0.806 bits per heavy atom. The Kier molecular flexibility index (Phi) is 25.7. The van der Waals surface area contributed by atoms with Gasteiger partial charge in [0.25, 0.3) is 0 Å². The molecular formula is C25H47NO5. The van der Waals surface area contributed by atoms with Crippen LogP contribution in [-0.4, -0.2) is 63.4 Å². The van der Waals surface area contributed by atoms with Gasteiger partial charge >= 0.3 is 0 Å². The zero-order valence-electron chi connectivity index (χ0n) is 19.8. The summed E-state index contributed by atoms with van der Waals surface area (Å²) in [6, 6.07) is 0. The monoisotopic (exact) mass is 441 g/mol. The van der Waals surface area contributed by atoms with E-state index in [0.717, 1.165) is 70.7 Å². The van der Waals surface area contributed by atoms with Crippen LogP contribution in [0.15, 0.2) is 0 Å². The number of amides is 1. The van der Waals surface area contributed by atoms with Crippen LogP contribution in [0.2, 0.25) is 0 Å². The zero-order chi connectivity index (χ0) is 22.7. The van der Waals surface area contributed by atoms with E-state index in [1.165, 1.54) is 51.4 Å². The van der Waals surface area contributed by atoms with Gasteiger partial charge in [-0.1, -0.05) is 64.2 Å². The summed E-state index contributed by atoms with van der Waals surface area (Å²) in [5, 5.41) is 0. The number of aldehydes is 2. The lowest BCUT2D eigenvalue weighted by Gasteiger charge is -2.17. The van der Waals surface area contributed by atoms with Crippen LogP contribution in [0, 0.1) is 0 Å². The van der Waals surface area contributed by atoms with E-state index < -0.39 is 0 Å². The first-order valence-electron chi connectivity index (χ1n) is 12.6. The largest absolute Gasteiger partial charge is 0.380 e. The standard InChI is InChI=1S/C25H47NO5/c27-19-13-9-5-1-3-7-11-15-21-30-23-17-26(25-29)18-24-31-22-16-12-8-4-2-6-10-14-20-28/h19-20,25H,1-18,21-24H2. The second kappa shape index (κ2) is 26.8. The average molecular weight is 442 g/mol. The number of carbonyl (C=O) groups is 3. The Bertz CT molecular complexity index is 360. The van der Waals surface area contributed by atoms with Gasteiger partial charge in [0, 0.05) is 39.1 Å². The van der Waals surface area contributed by atoms with Gasteiger partial charge in [-0.15, -0.1) is 0 Å². The molecule has 0 fully saturated rings. The number of unbranched alkanes of at least 4 members (excludes halogenated alkanes) is 14. The first-order valence-corrected chi connectivity index (χ1v) is 12.6. The Hall–Kier alpha value is -1.27. The van der Waals surface area contributed by atoms with Gasteiger partial charge in [0.15, 0.2) is 0 Å². The van der Waals surface area contributed by atoms with E-state index in [4.69, 9.17) is 9.47 Å². The lowest BCUT2D eigenvalue weighted by molar-refractivity contribution is -0.119. The summed E-state index contributed by atoms with van der Waals surface area (Å²) in [6.07, 6.45) is 20.5. The summed E-state index contributed by atoms with van der Waals surface area (Å²) in [5.41, 5.74) is 0. The lowest BCUT2D eigenvalue weighted by atomic mass is 10.1. The Morgan fingerprint density at radius 3 is 1.16 bits per heavy atom. The average Bonchev–Trinajstić information content (AvgIpc) is 2.79. The van der Waals surface area contributed by atoms with Gasteiger partial charge < -0.3 is 24.0 Å². The molecule has 0 bridgehead atoms. The molecular weight excluding hydrogens is 394 g/mol. The van der Waals surface area contributed by atoms with E-state index >= 15 is 0 Å². The molecule has 0 aromatic carbocycles. The highest BCUT2D eigenvalue weighted by Crippen LogP contribution is 2.09. The highest BCUT2D eigenvalue weighted by molar-refractivity contribution is 5.49. The first-order chi connectivity index (χ1) is 15.3. The van der Waals surface area contributed by atoms with E-state index in [1.807, 2.05) is 0 Å². The number of rotatable bonds is 27. The number of nitrogens with zero attached hydrogens (tertiary/aromatic N) is 1. The minimum atomic E-state index is 0.581. The van der Waals surface area contributed by atoms with Crippen molar-refractivity contribution in [3.05, 3.63) is 0 Å². The molecule has 6 nitrogen and oxygen atoms in total. The van der Waals surface area contributed by atoms with Crippen molar-refractivity contribution in [2.75, 3.05) is 39.5 Å². The van der Waals surface area contributed by atoms with Crippen LogP contribution in [0.1, 0.15) is 103 Å². The second-order valence-corrected chi connectivity index (χ2v) is 8.23. The van der Waals surface area contributed by atoms with Crippen LogP contribution in [0.4, 0.5) is 0 Å². The van der Waals surface area contributed by atoms with Crippen molar-refractivity contribution in [1.82, 2.24) is 4.90 Å². The smallest absolute Gasteiger partial charge is 0.209 e. The van der Waals surface area contributed by atoms with Crippen molar-refractivity contribution in [2.24, 2.45) is 0 Å². The number of hydrogen-bond acceptors (Lipinski definition) is 5. The van der Waals surface area contributed by atoms with Gasteiger partial charge in [0.1, 0.15) is 12.6 Å². The molecule has 0 unspecified atom stereocenters. The molecule has 0 aromatic rings. The van der Waals surface area contributed by atoms with E-state index in [1.54, 1.807) is 4.90 Å². The van der Waals surface area contributed by atoms with Crippen LogP contribution in [-0.2, 0) is 23.9 Å². The number of ether oxygens (including phenoxy) is 2. The minimum absolute atomic E-state index is 0.581. The Morgan fingerprint density at radius 1 is 0.452 bits per heavy atom. The SMILES string of the molecule is O=CCCCCCCCCCOCCN(C=O)CCOCCCCCCCCCC=O. The molecule has 0 atom stereocenters. The normalized spacial score (nSPS) is 10.8. The lowest BCUT2D eigenvalue weighted by Crippen LogP contribution is -2.30. The van der Waals surface area contributed by atoms with Crippen LogP contribution < -0.4 is 0 Å². The summed E-state index contributed by atoms with van der Waals surface area (Å²) in [7, 11) is 0. The van der Waals surface area contributed by atoms with E-state index in [-0.39, 0.29) is 0 Å². The summed E-state index contributed by atoms with van der Waals surface area (Å²) in [4.78, 5) is 33.3. The summed E-state index contributed by atoms with van der Waals surface area (Å²) >= 11 is 0. The van der Waals surface area contributed by atoms with Gasteiger partial charge in [-0.25, -0.2) is 0 Å². The quantitative estimate of drug-likeness (QED) is 0.131. The van der Waals surface area contributed by atoms with Crippen molar-refractivity contribution in [1.29, 1.82) is 0 Å². The fraction of sp³-hybridized carbons (Fsp3) is 0.880. The maximum Gasteiger partial charge on any atom is 0.209 e. The molecule has 0 aliphatic rings. The molecule has 31 heavy (non-hydrogen) atoms. The molecule has 6 heteroatoms. The van der Waals surface area contributed by atoms with Gasteiger partial charge in [-0.05, 0) is 25.7 Å². The predicted octanol–water partition coefficient (Wildman–Crippen LogP) is 5.12. The van der Waals surface area contributed by atoms with Crippen LogP contribution in [0.25, 0.3) is 0 Å². The molecule has 0 aliphatic heterocycles. The van der Waals surface area contributed by atoms with Crippen molar-refractivity contribution in [3.63, 3.8) is 0 Å². The number of hydrogen-bond donors (Lipinski definition) is 0. The van der Waals surface area contributed by atoms with E-state index in [0.29, 0.717) is 39.1 Å². The molecule has 0 rings (SSSR count). The third-order valence-corrected chi connectivity index (χ3v) is 5.42. The van der Waals surface area contributed by atoms with Gasteiger partial charge in [-0.2, -0.15) is 0 Å². The number of carbonyl (C=O) groups excluding carboxylic acids is 3. The van der Waals surface area contributed by atoms with Crippen LogP contribution >= 0.6 is 0 Å². The van der Waals surface area contributed by atoms with Gasteiger partial charge in [0.2, 0.25) is 6.41 Å². The highest BCUT2D eigenvalue weighted by atomic mass is 16.5. The van der Waals surface area contributed by atoms with E-state index in [2.05, 4.69) is 0 Å². The maximum atomic E-state index is 11.1. The molecule has 0 aliphatic carbocycles. The molecule has 0 heterocycles. The topological polar surface area (TPSA) is 72.9 Å². The molecule has 0 N–H and O–H groups in total. The van der Waals surface area contributed by atoms with Crippen molar-refractivity contribution in [2.45, 2.75) is 103 Å². The van der Waals surface area contributed by atoms with E-state index in [9.17, 15) is 14.4 Å². The predicted molar refractivity (Wildman–Crippen MR) is 125 cm³/mol. The minimum Gasteiger partial charge on any atom is -0.380 e. The van der Waals surface area contributed by atoms with Crippen molar-refractivity contribution >= 4 is 19.0 Å². The third kappa shape index (κ3) is 24.9. The van der Waals surface area contributed by atoms with Gasteiger partial charge in [0.05, 0.1) is 13.2 Å². The summed E-state index contributed by atoms with van der Waals surface area (Å²) < 4.78 is 11.3. The summed E-state index contributed by atoms with van der Waals surface area (Å²) in [6.45, 7) is 3.91. The molecule has 0 saturated heterocycles. The Balaban J connectivity index is 3.29. The maximum absolute atomic E-state index is 11.1. The second-order valence-electron chi connectivity index (χ2n) is 8.23. The molecule has 0 aromatic heterocycles. The van der Waals surface area contributed by atoms with Crippen LogP contribution in [0.5, 0.6) is 0 Å². The molecule has 0 radical (unpaired) electrons. The summed E-state index contributed by atoms with van der Waals surface area (Å²) in [5.74, 6) is 0. The molecule has 0 spiro atoms. The van der Waals surface area contributed by atoms with Crippen molar-refractivity contribution in [3.8, 4) is 0 Å². The molecule has 182 valence electrons. The van der Waals surface area contributed by atoms with Crippen molar-refractivity contribution < 1.29 is 23.9 Å². The fourth-order valence-electron chi connectivity index (χ4n) is 3.42. The molecule has 0 saturated carbocycles. The first kappa shape index (κ1) is 29.7. The van der Waals surface area contributed by atoms with Gasteiger partial charge in [-0.3, -0.25) is 4.79 Å². The van der Waals surface area contributed by atoms with Crippen LogP contribution in [0.3, 0.4) is 0 Å². The zero-order valence-corrected chi connectivity index (χ0v) is 19.8. The Labute approximate surface area is 190 Å². The third-order valence-electron chi connectivity index (χ3n) is 5.42.